The molecule has 2 fully saturated rings. The molecule has 0 N–H and O–H groups in total. The Morgan fingerprint density at radius 3 is 2.09 bits per heavy atom. The van der Waals surface area contributed by atoms with Gasteiger partial charge in [0.2, 0.25) is 5.92 Å². The van der Waals surface area contributed by atoms with Crippen LogP contribution in [0.5, 0.6) is 0 Å². The Balaban J connectivity index is 1.64. The van der Waals surface area contributed by atoms with Gasteiger partial charge in [0.05, 0.1) is 24.4 Å². The van der Waals surface area contributed by atoms with Gasteiger partial charge in [0.15, 0.2) is 0 Å². The molecule has 2 nitrogen and oxygen atoms in total. The van der Waals surface area contributed by atoms with Crippen LogP contribution in [0.2, 0.25) is 0 Å². The maximum Gasteiger partial charge on any atom is 0.248 e. The molecule has 0 aromatic rings. The third-order valence-electron chi connectivity index (χ3n) is 5.44. The SMILES string of the molecule is CC(C)(C)OCC1CC1(C)CCC(C)(C)OCC1CC(F)(F)C1. The van der Waals surface area contributed by atoms with E-state index >= 15 is 0 Å². The molecule has 0 aromatic carbocycles. The number of alkyl halides is 2. The molecule has 0 spiro atoms. The highest BCUT2D eigenvalue weighted by Gasteiger charge is 2.50. The molecule has 0 radical (unpaired) electrons. The van der Waals surface area contributed by atoms with Crippen molar-refractivity contribution >= 4 is 0 Å². The maximum absolute atomic E-state index is 12.9. The van der Waals surface area contributed by atoms with Crippen molar-refractivity contribution in [1.82, 2.24) is 0 Å². The standard InChI is InChI=1S/C19H34F2O2/c1-16(2,3)22-13-15-11-18(15,6)8-7-17(4,5)23-12-14-9-19(20,21)10-14/h14-15H,7-13H2,1-6H3. The van der Waals surface area contributed by atoms with Crippen molar-refractivity contribution in [1.29, 1.82) is 0 Å². The fourth-order valence-electron chi connectivity index (χ4n) is 3.33. The monoisotopic (exact) mass is 332 g/mol. The Hall–Kier alpha value is -0.220. The number of hydrogen-bond donors (Lipinski definition) is 0. The summed E-state index contributed by atoms with van der Waals surface area (Å²) in [5, 5.41) is 0. The van der Waals surface area contributed by atoms with E-state index in [1.165, 1.54) is 6.42 Å². The van der Waals surface area contributed by atoms with Crippen LogP contribution in [-0.4, -0.2) is 30.3 Å². The highest BCUT2D eigenvalue weighted by Crippen LogP contribution is 2.56. The molecule has 2 aliphatic rings. The minimum atomic E-state index is -2.44. The summed E-state index contributed by atoms with van der Waals surface area (Å²) in [6, 6.07) is 0. The van der Waals surface area contributed by atoms with Crippen molar-refractivity contribution < 1.29 is 18.3 Å². The third-order valence-corrected chi connectivity index (χ3v) is 5.44. The van der Waals surface area contributed by atoms with Gasteiger partial charge in [0, 0.05) is 12.8 Å². The molecular formula is C19H34F2O2. The molecule has 0 aromatic heterocycles. The summed E-state index contributed by atoms with van der Waals surface area (Å²) in [4.78, 5) is 0. The van der Waals surface area contributed by atoms with Gasteiger partial charge >= 0.3 is 0 Å². The van der Waals surface area contributed by atoms with E-state index in [-0.39, 0.29) is 30.0 Å². The average Bonchev–Trinajstić information content (AvgIpc) is 3.00. The van der Waals surface area contributed by atoms with Crippen molar-refractivity contribution in [2.45, 2.75) is 90.8 Å². The molecule has 2 rings (SSSR count). The fraction of sp³-hybridized carbons (Fsp3) is 1.00. The lowest BCUT2D eigenvalue weighted by Gasteiger charge is -2.37. The zero-order valence-corrected chi connectivity index (χ0v) is 15.7. The molecule has 4 heteroatoms. The van der Waals surface area contributed by atoms with Crippen molar-refractivity contribution in [3.05, 3.63) is 0 Å². The Morgan fingerprint density at radius 2 is 1.57 bits per heavy atom. The Labute approximate surface area is 140 Å². The summed E-state index contributed by atoms with van der Waals surface area (Å²) in [7, 11) is 0. The van der Waals surface area contributed by atoms with E-state index in [1.54, 1.807) is 0 Å². The lowest BCUT2D eigenvalue weighted by molar-refractivity contribution is -0.147. The second-order valence-corrected chi connectivity index (χ2v) is 9.68. The molecule has 2 saturated carbocycles. The molecule has 0 amide bonds. The number of hydrogen-bond acceptors (Lipinski definition) is 2. The van der Waals surface area contributed by atoms with Crippen LogP contribution in [0.25, 0.3) is 0 Å². The van der Waals surface area contributed by atoms with Crippen molar-refractivity contribution in [2.75, 3.05) is 13.2 Å². The van der Waals surface area contributed by atoms with Gasteiger partial charge < -0.3 is 9.47 Å². The van der Waals surface area contributed by atoms with E-state index in [0.29, 0.717) is 17.9 Å². The Bertz CT molecular complexity index is 406. The van der Waals surface area contributed by atoms with E-state index in [9.17, 15) is 8.78 Å². The van der Waals surface area contributed by atoms with E-state index in [1.807, 2.05) is 0 Å². The molecule has 136 valence electrons. The molecule has 23 heavy (non-hydrogen) atoms. The van der Waals surface area contributed by atoms with Crippen LogP contribution in [0, 0.1) is 17.3 Å². The van der Waals surface area contributed by atoms with Crippen LogP contribution in [0.15, 0.2) is 0 Å². The highest BCUT2D eigenvalue weighted by molar-refractivity contribution is 4.99. The molecule has 2 aliphatic carbocycles. The van der Waals surface area contributed by atoms with Gasteiger partial charge in [0.25, 0.3) is 0 Å². The maximum atomic E-state index is 12.9. The molecule has 2 atom stereocenters. The van der Waals surface area contributed by atoms with Crippen LogP contribution in [0.1, 0.15) is 73.6 Å². The molecule has 0 aliphatic heterocycles. The minimum absolute atomic E-state index is 0.00693. The molecule has 0 heterocycles. The molecule has 0 saturated heterocycles. The average molecular weight is 332 g/mol. The van der Waals surface area contributed by atoms with Gasteiger partial charge in [-0.25, -0.2) is 8.78 Å². The first-order valence-electron chi connectivity index (χ1n) is 8.96. The number of ether oxygens (including phenoxy) is 2. The Morgan fingerprint density at radius 1 is 0.957 bits per heavy atom. The Kier molecular flexibility index (Phi) is 5.20. The van der Waals surface area contributed by atoms with Crippen LogP contribution in [0.3, 0.4) is 0 Å². The summed E-state index contributed by atoms with van der Waals surface area (Å²) < 4.78 is 37.5. The summed E-state index contributed by atoms with van der Waals surface area (Å²) in [5.74, 6) is -1.77. The predicted molar refractivity (Wildman–Crippen MR) is 88.9 cm³/mol. The first kappa shape index (κ1) is 19.1. The summed E-state index contributed by atoms with van der Waals surface area (Å²) in [6.07, 6.45) is 3.28. The number of rotatable bonds is 8. The van der Waals surface area contributed by atoms with Gasteiger partial charge in [-0.05, 0) is 71.1 Å². The number of halogens is 2. The van der Waals surface area contributed by atoms with Gasteiger partial charge in [-0.1, -0.05) is 6.92 Å². The lowest BCUT2D eigenvalue weighted by Crippen LogP contribution is -2.40. The molecular weight excluding hydrogens is 298 g/mol. The normalized spacial score (nSPS) is 31.0. The lowest BCUT2D eigenvalue weighted by atomic mass is 9.82. The third kappa shape index (κ3) is 5.97. The largest absolute Gasteiger partial charge is 0.376 e. The second kappa shape index (κ2) is 6.25. The van der Waals surface area contributed by atoms with Crippen LogP contribution < -0.4 is 0 Å². The van der Waals surface area contributed by atoms with E-state index in [0.717, 1.165) is 19.4 Å². The topological polar surface area (TPSA) is 18.5 Å². The quantitative estimate of drug-likeness (QED) is 0.588. The fourth-order valence-corrected chi connectivity index (χ4v) is 3.33. The van der Waals surface area contributed by atoms with E-state index in [4.69, 9.17) is 9.47 Å². The van der Waals surface area contributed by atoms with E-state index in [2.05, 4.69) is 41.5 Å². The summed E-state index contributed by atoms with van der Waals surface area (Å²) in [5.41, 5.74) is 0.0536. The first-order chi connectivity index (χ1) is 10.3. The van der Waals surface area contributed by atoms with E-state index < -0.39 is 5.92 Å². The predicted octanol–water partition coefficient (Wildman–Crippen LogP) is 5.45. The van der Waals surface area contributed by atoms with Crippen LogP contribution in [0.4, 0.5) is 8.78 Å². The van der Waals surface area contributed by atoms with Crippen molar-refractivity contribution in [2.24, 2.45) is 17.3 Å². The van der Waals surface area contributed by atoms with Gasteiger partial charge in [-0.3, -0.25) is 0 Å². The highest BCUT2D eigenvalue weighted by atomic mass is 19.3. The zero-order valence-electron chi connectivity index (χ0n) is 15.7. The smallest absolute Gasteiger partial charge is 0.248 e. The van der Waals surface area contributed by atoms with Crippen molar-refractivity contribution in [3.63, 3.8) is 0 Å². The van der Waals surface area contributed by atoms with Crippen LogP contribution in [-0.2, 0) is 9.47 Å². The van der Waals surface area contributed by atoms with Gasteiger partial charge in [0.1, 0.15) is 0 Å². The first-order valence-corrected chi connectivity index (χ1v) is 8.96. The molecule has 2 unspecified atom stereocenters. The van der Waals surface area contributed by atoms with Crippen molar-refractivity contribution in [3.8, 4) is 0 Å². The molecule has 0 bridgehead atoms. The van der Waals surface area contributed by atoms with Crippen LogP contribution >= 0.6 is 0 Å². The summed E-state index contributed by atoms with van der Waals surface area (Å²) >= 11 is 0. The zero-order chi connectivity index (χ0) is 17.5. The van der Waals surface area contributed by atoms with Gasteiger partial charge in [-0.15, -0.1) is 0 Å². The summed E-state index contributed by atoms with van der Waals surface area (Å²) in [6.45, 7) is 14.1. The van der Waals surface area contributed by atoms with Gasteiger partial charge in [-0.2, -0.15) is 0 Å². The minimum Gasteiger partial charge on any atom is -0.376 e. The second-order valence-electron chi connectivity index (χ2n) is 9.68.